The average molecular weight is 277 g/mol. The summed E-state index contributed by atoms with van der Waals surface area (Å²) in [6.45, 7) is 7.81. The number of aryl methyl sites for hydroxylation is 1. The highest BCUT2D eigenvalue weighted by Gasteiger charge is 2.45. The van der Waals surface area contributed by atoms with E-state index >= 15 is 0 Å². The van der Waals surface area contributed by atoms with Crippen LogP contribution in [0.4, 0.5) is 0 Å². The molecule has 1 unspecified atom stereocenters. The molecule has 1 aromatic rings. The molecule has 1 aromatic heterocycles. The van der Waals surface area contributed by atoms with Crippen molar-refractivity contribution >= 4 is 0 Å². The van der Waals surface area contributed by atoms with Crippen LogP contribution in [0.3, 0.4) is 0 Å². The van der Waals surface area contributed by atoms with Gasteiger partial charge in [-0.15, -0.1) is 5.10 Å². The molecule has 1 saturated carbocycles. The fraction of sp³-hybridized carbons (Fsp3) is 0.867. The van der Waals surface area contributed by atoms with E-state index < -0.39 is 0 Å². The van der Waals surface area contributed by atoms with Crippen LogP contribution >= 0.6 is 0 Å². The largest absolute Gasteiger partial charge is 0.308 e. The first-order chi connectivity index (χ1) is 9.55. The van der Waals surface area contributed by atoms with Crippen molar-refractivity contribution < 1.29 is 0 Å². The van der Waals surface area contributed by atoms with Crippen molar-refractivity contribution in [2.75, 3.05) is 13.1 Å². The molecule has 1 aliphatic heterocycles. The lowest BCUT2D eigenvalue weighted by Crippen LogP contribution is -2.67. The zero-order valence-corrected chi connectivity index (χ0v) is 13.0. The molecule has 0 aromatic carbocycles. The molecular formula is C15H27N5. The topological polar surface area (TPSA) is 46.0 Å². The first-order valence-corrected chi connectivity index (χ1v) is 7.91. The van der Waals surface area contributed by atoms with E-state index in [9.17, 15) is 0 Å². The summed E-state index contributed by atoms with van der Waals surface area (Å²) in [6, 6.07) is 0. The van der Waals surface area contributed by atoms with E-state index in [-0.39, 0.29) is 5.54 Å². The molecule has 2 aliphatic rings. The standard InChI is InChI=1S/C15H27N5/c1-4-14(2)11-16-15(7-5-6-8-15)12-20(14)10-13-9-19(3)18-17-13/h9,16H,4-8,10-12H2,1-3H3. The van der Waals surface area contributed by atoms with E-state index in [1.165, 1.54) is 25.7 Å². The Balaban J connectivity index is 1.78. The number of rotatable bonds is 3. The molecule has 5 heteroatoms. The zero-order valence-electron chi connectivity index (χ0n) is 13.0. The summed E-state index contributed by atoms with van der Waals surface area (Å²) in [6.07, 6.45) is 8.59. The molecule has 5 nitrogen and oxygen atoms in total. The molecule has 1 atom stereocenters. The van der Waals surface area contributed by atoms with Gasteiger partial charge in [0.1, 0.15) is 0 Å². The van der Waals surface area contributed by atoms with Gasteiger partial charge in [0.2, 0.25) is 0 Å². The number of hydrogen-bond acceptors (Lipinski definition) is 4. The summed E-state index contributed by atoms with van der Waals surface area (Å²) >= 11 is 0. The van der Waals surface area contributed by atoms with Crippen LogP contribution in [0.1, 0.15) is 51.6 Å². The molecule has 0 radical (unpaired) electrons. The molecule has 20 heavy (non-hydrogen) atoms. The Bertz CT molecular complexity index is 463. The van der Waals surface area contributed by atoms with Crippen LogP contribution in [-0.2, 0) is 13.6 Å². The number of nitrogens with zero attached hydrogens (tertiary/aromatic N) is 4. The predicted molar refractivity (Wildman–Crippen MR) is 79.3 cm³/mol. The molecule has 1 spiro atoms. The van der Waals surface area contributed by atoms with Gasteiger partial charge in [0.15, 0.2) is 0 Å². The molecule has 112 valence electrons. The third-order valence-electron chi connectivity index (χ3n) is 5.43. The van der Waals surface area contributed by atoms with Crippen molar-refractivity contribution in [3.63, 3.8) is 0 Å². The van der Waals surface area contributed by atoms with Crippen molar-refractivity contribution in [1.29, 1.82) is 0 Å². The highest BCUT2D eigenvalue weighted by atomic mass is 15.4. The van der Waals surface area contributed by atoms with Crippen LogP contribution in [0.25, 0.3) is 0 Å². The maximum absolute atomic E-state index is 4.28. The quantitative estimate of drug-likeness (QED) is 0.913. The lowest BCUT2D eigenvalue weighted by Gasteiger charge is -2.52. The van der Waals surface area contributed by atoms with Crippen LogP contribution in [0.15, 0.2) is 6.20 Å². The SMILES string of the molecule is CCC1(C)CNC2(CCCC2)CN1Cc1cn(C)nn1. The van der Waals surface area contributed by atoms with E-state index in [2.05, 4.69) is 34.4 Å². The minimum absolute atomic E-state index is 0.228. The van der Waals surface area contributed by atoms with Crippen LogP contribution in [0.5, 0.6) is 0 Å². The van der Waals surface area contributed by atoms with Gasteiger partial charge in [0.05, 0.1) is 5.69 Å². The molecule has 1 saturated heterocycles. The lowest BCUT2D eigenvalue weighted by atomic mass is 9.85. The fourth-order valence-electron chi connectivity index (χ4n) is 3.75. The van der Waals surface area contributed by atoms with Gasteiger partial charge in [-0.25, -0.2) is 0 Å². The van der Waals surface area contributed by atoms with E-state index in [1.807, 2.05) is 13.2 Å². The van der Waals surface area contributed by atoms with Crippen LogP contribution in [0.2, 0.25) is 0 Å². The highest BCUT2D eigenvalue weighted by Crippen LogP contribution is 2.37. The monoisotopic (exact) mass is 277 g/mol. The average Bonchev–Trinajstić information content (AvgIpc) is 3.05. The van der Waals surface area contributed by atoms with Crippen molar-refractivity contribution in [1.82, 2.24) is 25.2 Å². The van der Waals surface area contributed by atoms with Crippen molar-refractivity contribution in [3.8, 4) is 0 Å². The first kappa shape index (κ1) is 14.0. The molecule has 1 N–H and O–H groups in total. The van der Waals surface area contributed by atoms with Gasteiger partial charge in [-0.2, -0.15) is 0 Å². The van der Waals surface area contributed by atoms with Gasteiger partial charge in [0.25, 0.3) is 0 Å². The van der Waals surface area contributed by atoms with Crippen LogP contribution < -0.4 is 5.32 Å². The summed E-state index contributed by atoms with van der Waals surface area (Å²) in [5.74, 6) is 0. The minimum atomic E-state index is 0.228. The summed E-state index contributed by atoms with van der Waals surface area (Å²) in [5.41, 5.74) is 1.67. The second-order valence-corrected chi connectivity index (χ2v) is 6.93. The van der Waals surface area contributed by atoms with Gasteiger partial charge < -0.3 is 5.32 Å². The third kappa shape index (κ3) is 2.49. The fourth-order valence-corrected chi connectivity index (χ4v) is 3.75. The Hall–Kier alpha value is -0.940. The molecule has 3 rings (SSSR count). The molecule has 0 amide bonds. The number of hydrogen-bond donors (Lipinski definition) is 1. The number of nitrogens with one attached hydrogen (secondary N) is 1. The molecule has 2 fully saturated rings. The number of piperazine rings is 1. The highest BCUT2D eigenvalue weighted by molar-refractivity contribution is 5.07. The Morgan fingerprint density at radius 1 is 1.35 bits per heavy atom. The summed E-state index contributed by atoms with van der Waals surface area (Å²) < 4.78 is 1.80. The second kappa shape index (κ2) is 5.11. The third-order valence-corrected chi connectivity index (χ3v) is 5.43. The van der Waals surface area contributed by atoms with Gasteiger partial charge >= 0.3 is 0 Å². The molecule has 1 aliphatic carbocycles. The summed E-state index contributed by atoms with van der Waals surface area (Å²) in [4.78, 5) is 2.64. The maximum atomic E-state index is 4.28. The van der Waals surface area contributed by atoms with Crippen LogP contribution in [0, 0.1) is 0 Å². The first-order valence-electron chi connectivity index (χ1n) is 7.91. The zero-order chi connectivity index (χ0) is 14.2. The van der Waals surface area contributed by atoms with Crippen LogP contribution in [-0.4, -0.2) is 44.1 Å². The number of aromatic nitrogens is 3. The van der Waals surface area contributed by atoms with Gasteiger partial charge in [-0.05, 0) is 26.2 Å². The van der Waals surface area contributed by atoms with E-state index in [1.54, 1.807) is 4.68 Å². The van der Waals surface area contributed by atoms with Gasteiger partial charge in [-0.1, -0.05) is 25.0 Å². The van der Waals surface area contributed by atoms with E-state index in [0.29, 0.717) is 5.54 Å². The predicted octanol–water partition coefficient (Wildman–Crippen LogP) is 1.70. The molecular weight excluding hydrogens is 250 g/mol. The van der Waals surface area contributed by atoms with Gasteiger partial charge in [-0.3, -0.25) is 9.58 Å². The Morgan fingerprint density at radius 2 is 2.10 bits per heavy atom. The Morgan fingerprint density at radius 3 is 2.70 bits per heavy atom. The summed E-state index contributed by atoms with van der Waals surface area (Å²) in [5, 5.41) is 12.2. The second-order valence-electron chi connectivity index (χ2n) is 6.93. The van der Waals surface area contributed by atoms with Crippen molar-refractivity contribution in [2.45, 2.75) is 63.6 Å². The Labute approximate surface area is 121 Å². The summed E-state index contributed by atoms with van der Waals surface area (Å²) in [7, 11) is 1.94. The molecule has 0 bridgehead atoms. The van der Waals surface area contributed by atoms with Crippen molar-refractivity contribution in [2.24, 2.45) is 7.05 Å². The Kier molecular flexibility index (Phi) is 3.58. The smallest absolute Gasteiger partial charge is 0.0967 e. The van der Waals surface area contributed by atoms with E-state index in [4.69, 9.17) is 0 Å². The molecule has 2 heterocycles. The normalized spacial score (nSPS) is 30.1. The van der Waals surface area contributed by atoms with E-state index in [0.717, 1.165) is 31.7 Å². The van der Waals surface area contributed by atoms with Crippen molar-refractivity contribution in [3.05, 3.63) is 11.9 Å². The lowest BCUT2D eigenvalue weighted by molar-refractivity contribution is 0.00689. The maximum Gasteiger partial charge on any atom is 0.0967 e. The minimum Gasteiger partial charge on any atom is -0.308 e. The van der Waals surface area contributed by atoms with Gasteiger partial charge in [0, 0.05) is 44.0 Å².